The topological polar surface area (TPSA) is 61.9 Å². The Morgan fingerprint density at radius 3 is 2.52 bits per heavy atom. The lowest BCUT2D eigenvalue weighted by atomic mass is 9.82. The van der Waals surface area contributed by atoms with E-state index >= 15 is 0 Å². The number of para-hydroxylation sites is 1. The fraction of sp³-hybridized carbons (Fsp3) is 0.556. The zero-order valence-electron chi connectivity index (χ0n) is 15.0. The Balaban J connectivity index is 1.67. The van der Waals surface area contributed by atoms with Crippen LogP contribution in [0.3, 0.4) is 0 Å². The lowest BCUT2D eigenvalue weighted by Gasteiger charge is -2.31. The Bertz CT molecular complexity index is 717. The molecule has 2 fully saturated rings. The molecule has 1 N–H and O–H groups in total. The van der Waals surface area contributed by atoms with Crippen molar-refractivity contribution >= 4 is 11.9 Å². The van der Waals surface area contributed by atoms with Gasteiger partial charge >= 0.3 is 12.4 Å². The number of ether oxygens (including phenoxy) is 1. The molecule has 1 aliphatic carbocycles. The van der Waals surface area contributed by atoms with Gasteiger partial charge in [-0.1, -0.05) is 37.5 Å². The quantitative estimate of drug-likeness (QED) is 0.791. The maximum Gasteiger partial charge on any atom is 0.573 e. The van der Waals surface area contributed by atoms with Crippen molar-refractivity contribution in [3.05, 3.63) is 29.8 Å². The fourth-order valence-electron chi connectivity index (χ4n) is 3.74. The predicted octanol–water partition coefficient (Wildman–Crippen LogP) is 3.23. The number of hydrogen-bond donors (Lipinski definition) is 1. The first-order valence-corrected chi connectivity index (χ1v) is 8.86. The molecule has 0 aromatic heterocycles. The second-order valence-corrected chi connectivity index (χ2v) is 7.12. The summed E-state index contributed by atoms with van der Waals surface area (Å²) in [7, 11) is 1.64. The molecule has 0 atom stereocenters. The minimum atomic E-state index is -4.78. The van der Waals surface area contributed by atoms with Crippen LogP contribution in [0, 0.1) is 0 Å². The molecule has 1 saturated carbocycles. The Hall–Kier alpha value is -2.29. The second kappa shape index (κ2) is 7.38. The van der Waals surface area contributed by atoms with Crippen molar-refractivity contribution in [1.29, 1.82) is 0 Å². The third-order valence-corrected chi connectivity index (χ3v) is 4.97. The molecule has 148 valence electrons. The molecule has 1 aromatic rings. The Morgan fingerprint density at radius 2 is 1.85 bits per heavy atom. The number of benzene rings is 1. The van der Waals surface area contributed by atoms with E-state index in [1.165, 1.54) is 18.2 Å². The SMILES string of the molecule is CN(Cc1ccccc1OC(F)(F)F)CN1C(=O)NC2(CCCCC2)C1=O. The van der Waals surface area contributed by atoms with Gasteiger partial charge < -0.3 is 10.1 Å². The van der Waals surface area contributed by atoms with E-state index in [0.29, 0.717) is 18.4 Å². The molecule has 1 aromatic carbocycles. The van der Waals surface area contributed by atoms with Gasteiger partial charge in [-0.05, 0) is 26.0 Å². The number of nitrogens with one attached hydrogen (secondary N) is 1. The number of alkyl halides is 3. The van der Waals surface area contributed by atoms with Gasteiger partial charge in [-0.2, -0.15) is 0 Å². The van der Waals surface area contributed by atoms with Crippen molar-refractivity contribution in [2.24, 2.45) is 0 Å². The first-order chi connectivity index (χ1) is 12.7. The van der Waals surface area contributed by atoms with E-state index < -0.39 is 17.9 Å². The highest BCUT2D eigenvalue weighted by Crippen LogP contribution is 2.34. The molecule has 3 rings (SSSR count). The summed E-state index contributed by atoms with van der Waals surface area (Å²) >= 11 is 0. The molecular weight excluding hydrogens is 363 g/mol. The lowest BCUT2D eigenvalue weighted by molar-refractivity contribution is -0.275. The maximum absolute atomic E-state index is 12.8. The van der Waals surface area contributed by atoms with Crippen LogP contribution in [0.4, 0.5) is 18.0 Å². The monoisotopic (exact) mass is 385 g/mol. The number of halogens is 3. The van der Waals surface area contributed by atoms with Gasteiger partial charge in [0.15, 0.2) is 0 Å². The maximum atomic E-state index is 12.8. The van der Waals surface area contributed by atoms with Crippen molar-refractivity contribution in [1.82, 2.24) is 15.1 Å². The molecular formula is C18H22F3N3O3. The molecule has 0 radical (unpaired) electrons. The molecule has 3 amide bonds. The predicted molar refractivity (Wildman–Crippen MR) is 90.7 cm³/mol. The van der Waals surface area contributed by atoms with Crippen molar-refractivity contribution in [3.63, 3.8) is 0 Å². The van der Waals surface area contributed by atoms with Crippen LogP contribution in [0.2, 0.25) is 0 Å². The first kappa shape index (κ1) is 19.5. The molecule has 1 aliphatic heterocycles. The van der Waals surface area contributed by atoms with Crippen LogP contribution in [0.25, 0.3) is 0 Å². The number of imide groups is 1. The van der Waals surface area contributed by atoms with Crippen molar-refractivity contribution < 1.29 is 27.5 Å². The molecule has 1 saturated heterocycles. The van der Waals surface area contributed by atoms with Crippen molar-refractivity contribution in [3.8, 4) is 5.75 Å². The van der Waals surface area contributed by atoms with Crippen LogP contribution in [0.1, 0.15) is 37.7 Å². The summed E-state index contributed by atoms with van der Waals surface area (Å²) in [4.78, 5) is 27.8. The van der Waals surface area contributed by atoms with Crippen molar-refractivity contribution in [2.75, 3.05) is 13.7 Å². The molecule has 6 nitrogen and oxygen atoms in total. The highest BCUT2D eigenvalue weighted by atomic mass is 19.4. The minimum Gasteiger partial charge on any atom is -0.405 e. The lowest BCUT2D eigenvalue weighted by Crippen LogP contribution is -2.48. The third kappa shape index (κ3) is 4.35. The zero-order chi connectivity index (χ0) is 19.7. The Kier molecular flexibility index (Phi) is 5.32. The van der Waals surface area contributed by atoms with E-state index in [-0.39, 0.29) is 24.9 Å². The summed E-state index contributed by atoms with van der Waals surface area (Å²) in [6.45, 7) is 0.0864. The first-order valence-electron chi connectivity index (χ1n) is 8.86. The van der Waals surface area contributed by atoms with Crippen LogP contribution in [-0.4, -0.2) is 47.4 Å². The van der Waals surface area contributed by atoms with Gasteiger partial charge in [0.25, 0.3) is 5.91 Å². The van der Waals surface area contributed by atoms with Crippen LogP contribution in [-0.2, 0) is 11.3 Å². The zero-order valence-corrected chi connectivity index (χ0v) is 15.0. The Labute approximate surface area is 155 Å². The number of amides is 3. The summed E-state index contributed by atoms with van der Waals surface area (Å²) in [5, 5.41) is 2.82. The summed E-state index contributed by atoms with van der Waals surface area (Å²) in [5.41, 5.74) is -0.496. The van der Waals surface area contributed by atoms with E-state index in [1.807, 2.05) is 0 Å². The van der Waals surface area contributed by atoms with Crippen LogP contribution in [0.15, 0.2) is 24.3 Å². The number of carbonyl (C=O) groups excluding carboxylic acids is 2. The molecule has 9 heteroatoms. The molecule has 27 heavy (non-hydrogen) atoms. The second-order valence-electron chi connectivity index (χ2n) is 7.12. The summed E-state index contributed by atoms with van der Waals surface area (Å²) in [6, 6.07) is 5.37. The van der Waals surface area contributed by atoms with Gasteiger partial charge in [0.1, 0.15) is 11.3 Å². The third-order valence-electron chi connectivity index (χ3n) is 4.97. The Morgan fingerprint density at radius 1 is 1.19 bits per heavy atom. The average molecular weight is 385 g/mol. The van der Waals surface area contributed by atoms with Crippen LogP contribution in [0.5, 0.6) is 5.75 Å². The van der Waals surface area contributed by atoms with Gasteiger partial charge in [-0.25, -0.2) is 9.69 Å². The van der Waals surface area contributed by atoms with E-state index in [1.54, 1.807) is 18.0 Å². The molecule has 2 aliphatic rings. The van der Waals surface area contributed by atoms with Gasteiger partial charge in [0, 0.05) is 12.1 Å². The fourth-order valence-corrected chi connectivity index (χ4v) is 3.74. The normalized spacial score (nSPS) is 19.7. The summed E-state index contributed by atoms with van der Waals surface area (Å²) in [6.07, 6.45) is -0.719. The van der Waals surface area contributed by atoms with E-state index in [4.69, 9.17) is 0 Å². The summed E-state index contributed by atoms with van der Waals surface area (Å²) < 4.78 is 41.7. The number of rotatable bonds is 5. The smallest absolute Gasteiger partial charge is 0.405 e. The number of urea groups is 1. The largest absolute Gasteiger partial charge is 0.573 e. The van der Waals surface area contributed by atoms with E-state index in [2.05, 4.69) is 10.1 Å². The number of carbonyl (C=O) groups is 2. The van der Waals surface area contributed by atoms with E-state index in [0.717, 1.165) is 24.2 Å². The molecule has 1 heterocycles. The van der Waals surface area contributed by atoms with Gasteiger partial charge in [-0.3, -0.25) is 9.69 Å². The van der Waals surface area contributed by atoms with E-state index in [9.17, 15) is 22.8 Å². The van der Waals surface area contributed by atoms with Crippen LogP contribution >= 0.6 is 0 Å². The average Bonchev–Trinajstić information content (AvgIpc) is 2.80. The molecule has 0 bridgehead atoms. The van der Waals surface area contributed by atoms with Crippen molar-refractivity contribution in [2.45, 2.75) is 50.6 Å². The molecule has 1 spiro atoms. The van der Waals surface area contributed by atoms with Gasteiger partial charge in [-0.15, -0.1) is 13.2 Å². The highest BCUT2D eigenvalue weighted by Gasteiger charge is 2.51. The highest BCUT2D eigenvalue weighted by molar-refractivity contribution is 6.07. The number of hydrogen-bond acceptors (Lipinski definition) is 4. The number of nitrogens with zero attached hydrogens (tertiary/aromatic N) is 2. The summed E-state index contributed by atoms with van der Waals surface area (Å²) in [5.74, 6) is -0.545. The standard InChI is InChI=1S/C18H22F3N3O3/c1-23(11-13-7-3-4-8-14(13)27-18(19,20)21)12-24-15(25)17(22-16(24)26)9-5-2-6-10-17/h3-4,7-8H,2,5-6,9-12H2,1H3,(H,22,26). The minimum absolute atomic E-state index is 0.00717. The van der Waals surface area contributed by atoms with Crippen LogP contribution < -0.4 is 10.1 Å². The van der Waals surface area contributed by atoms with Gasteiger partial charge in [0.05, 0.1) is 6.67 Å². The molecule has 0 unspecified atom stereocenters. The van der Waals surface area contributed by atoms with Gasteiger partial charge in [0.2, 0.25) is 0 Å².